The Morgan fingerprint density at radius 3 is 2.21 bits per heavy atom. The highest BCUT2D eigenvalue weighted by atomic mass is 16.3. The summed E-state index contributed by atoms with van der Waals surface area (Å²) in [6.07, 6.45) is 0.976. The van der Waals surface area contributed by atoms with Crippen molar-refractivity contribution < 1.29 is 5.11 Å². The molecule has 0 bridgehead atoms. The van der Waals surface area contributed by atoms with Gasteiger partial charge in [-0.2, -0.15) is 0 Å². The molecule has 0 saturated carbocycles. The first-order valence-electron chi connectivity index (χ1n) is 5.22. The zero-order valence-electron chi connectivity index (χ0n) is 9.59. The maximum Gasteiger partial charge on any atom is 0.0459 e. The minimum Gasteiger partial charge on any atom is -0.396 e. The third-order valence-electron chi connectivity index (χ3n) is 2.83. The fraction of sp³-hybridized carbons (Fsp3) is 0.538. The Morgan fingerprint density at radius 2 is 1.64 bits per heavy atom. The van der Waals surface area contributed by atoms with Crippen molar-refractivity contribution in [3.63, 3.8) is 0 Å². The van der Waals surface area contributed by atoms with Crippen LogP contribution in [0.15, 0.2) is 12.1 Å². The molecule has 0 aliphatic carbocycles. The average molecular weight is 192 g/mol. The highest BCUT2D eigenvalue weighted by Crippen LogP contribution is 2.18. The molecule has 78 valence electrons. The van der Waals surface area contributed by atoms with Crippen LogP contribution in [0, 0.1) is 26.7 Å². The van der Waals surface area contributed by atoms with E-state index >= 15 is 0 Å². The van der Waals surface area contributed by atoms with E-state index in [2.05, 4.69) is 39.8 Å². The van der Waals surface area contributed by atoms with Crippen LogP contribution in [0.5, 0.6) is 0 Å². The molecule has 1 N–H and O–H groups in total. The SMILES string of the molecule is Cc1cc(C)c(CC(C)CO)cc1C. The number of aryl methyl sites for hydroxylation is 3. The lowest BCUT2D eigenvalue weighted by atomic mass is 9.94. The van der Waals surface area contributed by atoms with Crippen LogP contribution in [-0.4, -0.2) is 11.7 Å². The first-order valence-corrected chi connectivity index (χ1v) is 5.22. The molecule has 1 rings (SSSR count). The first-order chi connectivity index (χ1) is 6.54. The van der Waals surface area contributed by atoms with E-state index in [-0.39, 0.29) is 6.61 Å². The maximum absolute atomic E-state index is 9.01. The van der Waals surface area contributed by atoms with Crippen molar-refractivity contribution in [2.45, 2.75) is 34.1 Å². The molecule has 1 aromatic carbocycles. The van der Waals surface area contributed by atoms with Gasteiger partial charge < -0.3 is 5.11 Å². The van der Waals surface area contributed by atoms with E-state index in [1.165, 1.54) is 22.3 Å². The van der Waals surface area contributed by atoms with E-state index in [1.54, 1.807) is 0 Å². The molecule has 0 saturated heterocycles. The smallest absolute Gasteiger partial charge is 0.0459 e. The number of aliphatic hydroxyl groups excluding tert-OH is 1. The van der Waals surface area contributed by atoms with Crippen LogP contribution in [0.3, 0.4) is 0 Å². The van der Waals surface area contributed by atoms with Gasteiger partial charge in [0.15, 0.2) is 0 Å². The normalized spacial score (nSPS) is 12.9. The third-order valence-corrected chi connectivity index (χ3v) is 2.83. The van der Waals surface area contributed by atoms with Crippen molar-refractivity contribution >= 4 is 0 Å². The number of rotatable bonds is 3. The predicted octanol–water partition coefficient (Wildman–Crippen LogP) is 2.78. The third kappa shape index (κ3) is 2.58. The fourth-order valence-corrected chi connectivity index (χ4v) is 1.68. The molecule has 0 amide bonds. The lowest BCUT2D eigenvalue weighted by Gasteiger charge is -2.13. The van der Waals surface area contributed by atoms with Gasteiger partial charge in [-0.3, -0.25) is 0 Å². The number of aliphatic hydroxyl groups is 1. The molecule has 14 heavy (non-hydrogen) atoms. The molecule has 0 aliphatic heterocycles. The summed E-state index contributed by atoms with van der Waals surface area (Å²) in [7, 11) is 0. The van der Waals surface area contributed by atoms with Crippen LogP contribution in [-0.2, 0) is 6.42 Å². The zero-order chi connectivity index (χ0) is 10.7. The predicted molar refractivity (Wildman–Crippen MR) is 60.6 cm³/mol. The van der Waals surface area contributed by atoms with E-state index in [0.29, 0.717) is 5.92 Å². The second-order valence-corrected chi connectivity index (χ2v) is 4.35. The molecule has 0 aliphatic rings. The highest BCUT2D eigenvalue weighted by molar-refractivity contribution is 5.36. The summed E-state index contributed by atoms with van der Waals surface area (Å²) < 4.78 is 0. The molecule has 0 aromatic heterocycles. The van der Waals surface area contributed by atoms with Gasteiger partial charge in [0, 0.05) is 6.61 Å². The second-order valence-electron chi connectivity index (χ2n) is 4.35. The highest BCUT2D eigenvalue weighted by Gasteiger charge is 2.06. The van der Waals surface area contributed by atoms with Gasteiger partial charge in [-0.25, -0.2) is 0 Å². The van der Waals surface area contributed by atoms with Crippen LogP contribution in [0.1, 0.15) is 29.2 Å². The summed E-state index contributed by atoms with van der Waals surface area (Å²) in [5.41, 5.74) is 5.40. The van der Waals surface area contributed by atoms with Crippen LogP contribution < -0.4 is 0 Å². The molecule has 1 unspecified atom stereocenters. The van der Waals surface area contributed by atoms with Crippen molar-refractivity contribution in [1.82, 2.24) is 0 Å². The van der Waals surface area contributed by atoms with Crippen LogP contribution in [0.2, 0.25) is 0 Å². The van der Waals surface area contributed by atoms with E-state index in [0.717, 1.165) is 6.42 Å². The van der Waals surface area contributed by atoms with Crippen molar-refractivity contribution in [3.8, 4) is 0 Å². The van der Waals surface area contributed by atoms with Crippen molar-refractivity contribution in [3.05, 3.63) is 34.4 Å². The molecule has 1 heteroatoms. The van der Waals surface area contributed by atoms with Crippen molar-refractivity contribution in [2.75, 3.05) is 6.61 Å². The quantitative estimate of drug-likeness (QED) is 0.780. The van der Waals surface area contributed by atoms with Crippen LogP contribution in [0.25, 0.3) is 0 Å². The van der Waals surface area contributed by atoms with Gasteiger partial charge in [0.1, 0.15) is 0 Å². The molecular formula is C13H20O. The van der Waals surface area contributed by atoms with E-state index < -0.39 is 0 Å². The van der Waals surface area contributed by atoms with Gasteiger partial charge >= 0.3 is 0 Å². The maximum atomic E-state index is 9.01. The zero-order valence-corrected chi connectivity index (χ0v) is 9.59. The largest absolute Gasteiger partial charge is 0.396 e. The summed E-state index contributed by atoms with van der Waals surface area (Å²) in [6, 6.07) is 4.48. The van der Waals surface area contributed by atoms with E-state index in [9.17, 15) is 0 Å². The Bertz CT molecular complexity index is 315. The standard InChI is InChI=1S/C13H20O/c1-9(8-14)5-13-7-11(3)10(2)6-12(13)4/h6-7,9,14H,5,8H2,1-4H3. The Hall–Kier alpha value is -0.820. The lowest BCUT2D eigenvalue weighted by Crippen LogP contribution is -2.06. The van der Waals surface area contributed by atoms with Gasteiger partial charge in [-0.15, -0.1) is 0 Å². The number of hydrogen-bond donors (Lipinski definition) is 1. The number of hydrogen-bond acceptors (Lipinski definition) is 1. The van der Waals surface area contributed by atoms with Gasteiger partial charge in [0.25, 0.3) is 0 Å². The van der Waals surface area contributed by atoms with Crippen LogP contribution in [0.4, 0.5) is 0 Å². The molecule has 0 radical (unpaired) electrons. The van der Waals surface area contributed by atoms with Gasteiger partial charge in [0.2, 0.25) is 0 Å². The fourth-order valence-electron chi connectivity index (χ4n) is 1.68. The Balaban J connectivity index is 2.92. The molecule has 1 aromatic rings. The molecular weight excluding hydrogens is 172 g/mol. The van der Waals surface area contributed by atoms with E-state index in [4.69, 9.17) is 5.11 Å². The molecule has 1 atom stereocenters. The molecule has 0 heterocycles. The van der Waals surface area contributed by atoms with Crippen LogP contribution >= 0.6 is 0 Å². The minimum absolute atomic E-state index is 0.270. The second kappa shape index (κ2) is 4.61. The topological polar surface area (TPSA) is 20.2 Å². The summed E-state index contributed by atoms with van der Waals surface area (Å²) in [5, 5.41) is 9.01. The van der Waals surface area contributed by atoms with Crippen molar-refractivity contribution in [1.29, 1.82) is 0 Å². The summed E-state index contributed by atoms with van der Waals surface area (Å²) in [6.45, 7) is 8.77. The minimum atomic E-state index is 0.270. The summed E-state index contributed by atoms with van der Waals surface area (Å²) in [5.74, 6) is 0.357. The van der Waals surface area contributed by atoms with Crippen molar-refractivity contribution in [2.24, 2.45) is 5.92 Å². The van der Waals surface area contributed by atoms with E-state index in [1.807, 2.05) is 0 Å². The van der Waals surface area contributed by atoms with Gasteiger partial charge in [-0.1, -0.05) is 19.1 Å². The Kier molecular flexibility index (Phi) is 3.70. The summed E-state index contributed by atoms with van der Waals surface area (Å²) in [4.78, 5) is 0. The van der Waals surface area contributed by atoms with Gasteiger partial charge in [0.05, 0.1) is 0 Å². The first kappa shape index (κ1) is 11.3. The van der Waals surface area contributed by atoms with Gasteiger partial charge in [-0.05, 0) is 55.4 Å². The average Bonchev–Trinajstić information content (AvgIpc) is 2.14. The molecule has 0 fully saturated rings. The Labute approximate surface area is 86.8 Å². The summed E-state index contributed by atoms with van der Waals surface area (Å²) >= 11 is 0. The molecule has 0 spiro atoms. The monoisotopic (exact) mass is 192 g/mol. The molecule has 1 nitrogen and oxygen atoms in total. The Morgan fingerprint density at radius 1 is 1.07 bits per heavy atom. The number of benzene rings is 1. The lowest BCUT2D eigenvalue weighted by molar-refractivity contribution is 0.237.